The van der Waals surface area contributed by atoms with Gasteiger partial charge in [-0.2, -0.15) is 0 Å². The zero-order valence-electron chi connectivity index (χ0n) is 12.1. The molecule has 0 aliphatic rings. The highest BCUT2D eigenvalue weighted by Crippen LogP contribution is 2.32. The van der Waals surface area contributed by atoms with Gasteiger partial charge in [0.1, 0.15) is 11.6 Å². The van der Waals surface area contributed by atoms with Crippen LogP contribution in [0.5, 0.6) is 0 Å². The van der Waals surface area contributed by atoms with Crippen LogP contribution in [-0.2, 0) is 11.8 Å². The summed E-state index contributed by atoms with van der Waals surface area (Å²) in [4.78, 5) is 11.4. The molecule has 0 fully saturated rings. The van der Waals surface area contributed by atoms with Gasteiger partial charge in [0.05, 0.1) is 10.2 Å². The fraction of sp³-hybridized carbons (Fsp3) is 0.692. The summed E-state index contributed by atoms with van der Waals surface area (Å²) >= 11 is 3.59. The van der Waals surface area contributed by atoms with Gasteiger partial charge in [0, 0.05) is 25.4 Å². The molecule has 0 bridgehead atoms. The van der Waals surface area contributed by atoms with Crippen LogP contribution in [-0.4, -0.2) is 42.6 Å². The standard InChI is InChI=1S/C13H23BrN4/c1-13(2,3)11-10(14)12(15-4)17-9(16-11)7-8-18(5)6/h7-8H2,1-6H3,(H,15,16,17). The fourth-order valence-corrected chi connectivity index (χ4v) is 2.56. The van der Waals surface area contributed by atoms with Crippen LogP contribution in [0.15, 0.2) is 4.47 Å². The predicted molar refractivity (Wildman–Crippen MR) is 80.2 cm³/mol. The Morgan fingerprint density at radius 3 is 2.28 bits per heavy atom. The average molecular weight is 315 g/mol. The minimum absolute atomic E-state index is 0.000238. The number of anilines is 1. The van der Waals surface area contributed by atoms with Crippen molar-refractivity contribution in [2.75, 3.05) is 33.0 Å². The molecule has 0 unspecified atom stereocenters. The minimum Gasteiger partial charge on any atom is -0.372 e. The van der Waals surface area contributed by atoms with E-state index in [1.54, 1.807) is 0 Å². The topological polar surface area (TPSA) is 41.1 Å². The van der Waals surface area contributed by atoms with Gasteiger partial charge in [-0.3, -0.25) is 0 Å². The molecule has 1 aromatic heterocycles. The average Bonchev–Trinajstić information content (AvgIpc) is 2.25. The summed E-state index contributed by atoms with van der Waals surface area (Å²) in [7, 11) is 6.00. The Morgan fingerprint density at radius 1 is 1.22 bits per heavy atom. The van der Waals surface area contributed by atoms with E-state index in [0.717, 1.165) is 34.8 Å². The third-order valence-corrected chi connectivity index (χ3v) is 3.38. The van der Waals surface area contributed by atoms with Gasteiger partial charge >= 0.3 is 0 Å². The predicted octanol–water partition coefficient (Wildman–Crippen LogP) is 2.68. The van der Waals surface area contributed by atoms with Crippen LogP contribution < -0.4 is 5.32 Å². The van der Waals surface area contributed by atoms with E-state index >= 15 is 0 Å². The first kappa shape index (κ1) is 15.4. The maximum Gasteiger partial charge on any atom is 0.144 e. The molecule has 1 rings (SSSR count). The molecule has 0 radical (unpaired) electrons. The molecule has 4 nitrogen and oxygen atoms in total. The van der Waals surface area contributed by atoms with E-state index in [9.17, 15) is 0 Å². The number of hydrogen-bond acceptors (Lipinski definition) is 4. The number of nitrogens with zero attached hydrogens (tertiary/aromatic N) is 3. The van der Waals surface area contributed by atoms with Gasteiger partial charge in [-0.15, -0.1) is 0 Å². The monoisotopic (exact) mass is 314 g/mol. The molecule has 0 saturated heterocycles. The fourth-order valence-electron chi connectivity index (χ4n) is 1.59. The summed E-state index contributed by atoms with van der Waals surface area (Å²) in [5, 5.41) is 3.12. The molecule has 18 heavy (non-hydrogen) atoms. The number of nitrogens with one attached hydrogen (secondary N) is 1. The Balaban J connectivity index is 3.14. The molecule has 0 saturated carbocycles. The van der Waals surface area contributed by atoms with Crippen LogP contribution in [0.4, 0.5) is 5.82 Å². The van der Waals surface area contributed by atoms with Crippen molar-refractivity contribution in [3.63, 3.8) is 0 Å². The maximum atomic E-state index is 4.70. The van der Waals surface area contributed by atoms with Crippen LogP contribution in [0.25, 0.3) is 0 Å². The van der Waals surface area contributed by atoms with Gasteiger partial charge in [-0.1, -0.05) is 20.8 Å². The summed E-state index contributed by atoms with van der Waals surface area (Å²) < 4.78 is 0.964. The highest BCUT2D eigenvalue weighted by molar-refractivity contribution is 9.10. The lowest BCUT2D eigenvalue weighted by atomic mass is 9.92. The number of hydrogen-bond donors (Lipinski definition) is 1. The first-order chi connectivity index (χ1) is 8.25. The zero-order chi connectivity index (χ0) is 13.9. The van der Waals surface area contributed by atoms with E-state index in [0.29, 0.717) is 0 Å². The maximum absolute atomic E-state index is 4.70. The second kappa shape index (κ2) is 5.97. The highest BCUT2D eigenvalue weighted by atomic mass is 79.9. The van der Waals surface area contributed by atoms with E-state index in [2.05, 4.69) is 66.0 Å². The highest BCUT2D eigenvalue weighted by Gasteiger charge is 2.22. The summed E-state index contributed by atoms with van der Waals surface area (Å²) in [5.41, 5.74) is 1.05. The molecule has 102 valence electrons. The van der Waals surface area contributed by atoms with E-state index in [4.69, 9.17) is 4.98 Å². The van der Waals surface area contributed by atoms with Gasteiger partial charge in [-0.05, 0) is 30.0 Å². The SMILES string of the molecule is CNc1nc(CCN(C)C)nc(C(C)(C)C)c1Br. The van der Waals surface area contributed by atoms with Crippen LogP contribution in [0, 0.1) is 0 Å². The van der Waals surface area contributed by atoms with Crippen LogP contribution in [0.3, 0.4) is 0 Å². The lowest BCUT2D eigenvalue weighted by Gasteiger charge is -2.22. The molecule has 0 atom stereocenters. The lowest BCUT2D eigenvalue weighted by molar-refractivity contribution is 0.408. The van der Waals surface area contributed by atoms with Gasteiger partial charge in [0.25, 0.3) is 0 Å². The number of aromatic nitrogens is 2. The third-order valence-electron chi connectivity index (χ3n) is 2.63. The first-order valence-corrected chi connectivity index (χ1v) is 6.94. The normalized spacial score (nSPS) is 12.0. The Labute approximate surface area is 118 Å². The molecule has 5 heteroatoms. The van der Waals surface area contributed by atoms with Gasteiger partial charge in [0.2, 0.25) is 0 Å². The van der Waals surface area contributed by atoms with Crippen molar-refractivity contribution in [2.45, 2.75) is 32.6 Å². The van der Waals surface area contributed by atoms with Crippen molar-refractivity contribution < 1.29 is 0 Å². The lowest BCUT2D eigenvalue weighted by Crippen LogP contribution is -2.21. The van der Waals surface area contributed by atoms with Crippen molar-refractivity contribution >= 4 is 21.7 Å². The van der Waals surface area contributed by atoms with Gasteiger partial charge in [-0.25, -0.2) is 9.97 Å². The largest absolute Gasteiger partial charge is 0.372 e. The zero-order valence-corrected chi connectivity index (χ0v) is 13.7. The Hall–Kier alpha value is -0.680. The third kappa shape index (κ3) is 3.92. The second-order valence-electron chi connectivity index (χ2n) is 5.70. The minimum atomic E-state index is 0.000238. The molecule has 0 spiro atoms. The van der Waals surface area contributed by atoms with Gasteiger partial charge in [0.15, 0.2) is 0 Å². The Morgan fingerprint density at radius 2 is 1.83 bits per heavy atom. The first-order valence-electron chi connectivity index (χ1n) is 6.15. The summed E-state index contributed by atoms with van der Waals surface area (Å²) in [5.74, 6) is 1.75. The summed E-state index contributed by atoms with van der Waals surface area (Å²) in [6.07, 6.45) is 0.859. The molecule has 0 aliphatic heterocycles. The number of halogens is 1. The number of rotatable bonds is 4. The van der Waals surface area contributed by atoms with E-state index in [-0.39, 0.29) is 5.41 Å². The molecular weight excluding hydrogens is 292 g/mol. The molecular formula is C13H23BrN4. The quantitative estimate of drug-likeness (QED) is 0.927. The van der Waals surface area contributed by atoms with E-state index in [1.165, 1.54) is 0 Å². The van der Waals surface area contributed by atoms with Crippen LogP contribution in [0.2, 0.25) is 0 Å². The van der Waals surface area contributed by atoms with Gasteiger partial charge < -0.3 is 10.2 Å². The number of likely N-dealkylation sites (N-methyl/N-ethyl adjacent to an activating group) is 1. The molecule has 0 aliphatic carbocycles. The molecule has 1 heterocycles. The van der Waals surface area contributed by atoms with Crippen molar-refractivity contribution in [1.82, 2.24) is 14.9 Å². The van der Waals surface area contributed by atoms with Crippen LogP contribution in [0.1, 0.15) is 32.3 Å². The van der Waals surface area contributed by atoms with E-state index in [1.807, 2.05) is 7.05 Å². The molecule has 1 aromatic rings. The van der Waals surface area contributed by atoms with Crippen LogP contribution >= 0.6 is 15.9 Å². The summed E-state index contributed by atoms with van der Waals surface area (Å²) in [6, 6.07) is 0. The molecule has 0 amide bonds. The second-order valence-corrected chi connectivity index (χ2v) is 6.50. The van der Waals surface area contributed by atoms with Crippen molar-refractivity contribution in [3.05, 3.63) is 16.0 Å². The molecule has 1 N–H and O–H groups in total. The Bertz CT molecular complexity index is 410. The molecule has 0 aromatic carbocycles. The summed E-state index contributed by atoms with van der Waals surface area (Å²) in [6.45, 7) is 7.44. The van der Waals surface area contributed by atoms with Crippen molar-refractivity contribution in [2.24, 2.45) is 0 Å². The Kier molecular flexibility index (Phi) is 5.10. The van der Waals surface area contributed by atoms with Crippen molar-refractivity contribution in [3.8, 4) is 0 Å². The smallest absolute Gasteiger partial charge is 0.144 e. The van der Waals surface area contributed by atoms with E-state index < -0.39 is 0 Å². The van der Waals surface area contributed by atoms with Crippen molar-refractivity contribution in [1.29, 1.82) is 0 Å².